The second-order valence-corrected chi connectivity index (χ2v) is 6.06. The molecule has 124 valence electrons. The van der Waals surface area contributed by atoms with E-state index in [0.29, 0.717) is 11.4 Å². The number of benzene rings is 1. The van der Waals surface area contributed by atoms with Gasteiger partial charge in [-0.2, -0.15) is 0 Å². The molecule has 2 rings (SSSR count). The first kappa shape index (κ1) is 16.8. The Labute approximate surface area is 134 Å². The molecule has 23 heavy (non-hydrogen) atoms. The number of hydrogen-bond donors (Lipinski definition) is 2. The van der Waals surface area contributed by atoms with Gasteiger partial charge in [0.1, 0.15) is 11.3 Å². The molecular formula is C16H21N3O4. The molecule has 7 heteroatoms. The van der Waals surface area contributed by atoms with E-state index < -0.39 is 17.4 Å². The Kier molecular flexibility index (Phi) is 4.58. The van der Waals surface area contributed by atoms with Gasteiger partial charge in [0.2, 0.25) is 17.7 Å². The van der Waals surface area contributed by atoms with E-state index in [9.17, 15) is 14.4 Å². The standard InChI is InChI=1S/C16H21N3O4/c1-16(2,15(17)22)18-14(21)10-8-13(20)19(9-10)11-6-4-5-7-12(11)23-3/h4-7,10H,8-9H2,1-3H3,(H2,17,22)(H,18,21)/t10-/m1/s1. The molecule has 0 aliphatic carbocycles. The Hall–Kier alpha value is -2.57. The number of amides is 3. The largest absolute Gasteiger partial charge is 0.495 e. The number of nitrogens with zero attached hydrogens (tertiary/aromatic N) is 1. The number of nitrogens with two attached hydrogens (primary N) is 1. The third-order valence-electron chi connectivity index (χ3n) is 3.92. The Morgan fingerprint density at radius 1 is 1.35 bits per heavy atom. The van der Waals surface area contributed by atoms with Crippen molar-refractivity contribution in [1.29, 1.82) is 0 Å². The molecule has 1 saturated heterocycles. The maximum atomic E-state index is 12.3. The second-order valence-electron chi connectivity index (χ2n) is 6.06. The van der Waals surface area contributed by atoms with Crippen molar-refractivity contribution in [2.75, 3.05) is 18.6 Å². The summed E-state index contributed by atoms with van der Waals surface area (Å²) in [5.74, 6) is -1.12. The minimum atomic E-state index is -1.15. The SMILES string of the molecule is COc1ccccc1N1C[C@H](C(=O)NC(C)(C)C(N)=O)CC1=O. The van der Waals surface area contributed by atoms with Crippen LogP contribution in [0.4, 0.5) is 5.69 Å². The number of carbonyl (C=O) groups is 3. The van der Waals surface area contributed by atoms with Crippen molar-refractivity contribution in [2.24, 2.45) is 11.7 Å². The van der Waals surface area contributed by atoms with Gasteiger partial charge >= 0.3 is 0 Å². The quantitative estimate of drug-likeness (QED) is 0.821. The van der Waals surface area contributed by atoms with E-state index in [1.165, 1.54) is 25.9 Å². The van der Waals surface area contributed by atoms with Crippen LogP contribution in [-0.4, -0.2) is 36.9 Å². The van der Waals surface area contributed by atoms with E-state index >= 15 is 0 Å². The molecule has 0 aromatic heterocycles. The maximum Gasteiger partial charge on any atom is 0.242 e. The normalized spacial score (nSPS) is 18.0. The highest BCUT2D eigenvalue weighted by atomic mass is 16.5. The van der Waals surface area contributed by atoms with Gasteiger partial charge in [-0.1, -0.05) is 12.1 Å². The van der Waals surface area contributed by atoms with Crippen LogP contribution < -0.4 is 20.7 Å². The molecule has 3 amide bonds. The number of methoxy groups -OCH3 is 1. The lowest BCUT2D eigenvalue weighted by Crippen LogP contribution is -2.54. The molecule has 0 saturated carbocycles. The highest BCUT2D eigenvalue weighted by Gasteiger charge is 2.38. The predicted molar refractivity (Wildman–Crippen MR) is 84.9 cm³/mol. The van der Waals surface area contributed by atoms with Gasteiger partial charge in [-0.25, -0.2) is 0 Å². The Morgan fingerprint density at radius 3 is 2.61 bits per heavy atom. The summed E-state index contributed by atoms with van der Waals surface area (Å²) in [4.78, 5) is 37.4. The third kappa shape index (κ3) is 3.44. The van der Waals surface area contributed by atoms with Gasteiger partial charge in [-0.3, -0.25) is 14.4 Å². The van der Waals surface area contributed by atoms with Gasteiger partial charge in [0, 0.05) is 13.0 Å². The molecule has 0 unspecified atom stereocenters. The lowest BCUT2D eigenvalue weighted by atomic mass is 10.0. The first-order valence-electron chi connectivity index (χ1n) is 7.31. The van der Waals surface area contributed by atoms with Gasteiger partial charge in [0.25, 0.3) is 0 Å². The zero-order valence-corrected chi connectivity index (χ0v) is 13.5. The molecule has 1 aliphatic rings. The van der Waals surface area contributed by atoms with Gasteiger partial charge < -0.3 is 20.7 Å². The highest BCUT2D eigenvalue weighted by molar-refractivity contribution is 6.02. The van der Waals surface area contributed by atoms with Crippen LogP contribution in [0.2, 0.25) is 0 Å². The summed E-state index contributed by atoms with van der Waals surface area (Å²) in [5.41, 5.74) is 4.73. The van der Waals surface area contributed by atoms with Gasteiger partial charge in [0.05, 0.1) is 18.7 Å². The minimum Gasteiger partial charge on any atom is -0.495 e. The fraction of sp³-hybridized carbons (Fsp3) is 0.438. The number of ether oxygens (including phenoxy) is 1. The highest BCUT2D eigenvalue weighted by Crippen LogP contribution is 2.32. The molecule has 0 radical (unpaired) electrons. The van der Waals surface area contributed by atoms with Crippen molar-refractivity contribution in [3.63, 3.8) is 0 Å². The van der Waals surface area contributed by atoms with E-state index in [1.54, 1.807) is 18.2 Å². The van der Waals surface area contributed by atoms with E-state index in [2.05, 4.69) is 5.32 Å². The topological polar surface area (TPSA) is 102 Å². The zero-order valence-electron chi connectivity index (χ0n) is 13.5. The van der Waals surface area contributed by atoms with Crippen LogP contribution >= 0.6 is 0 Å². The fourth-order valence-corrected chi connectivity index (χ4v) is 2.44. The van der Waals surface area contributed by atoms with Crippen LogP contribution in [0.1, 0.15) is 20.3 Å². The van der Waals surface area contributed by atoms with Crippen LogP contribution in [0.15, 0.2) is 24.3 Å². The predicted octanol–water partition coefficient (Wildman–Crippen LogP) is 0.428. The van der Waals surface area contributed by atoms with Gasteiger partial charge in [-0.15, -0.1) is 0 Å². The Balaban J connectivity index is 2.14. The monoisotopic (exact) mass is 319 g/mol. The smallest absolute Gasteiger partial charge is 0.242 e. The molecule has 3 N–H and O–H groups in total. The summed E-state index contributed by atoms with van der Waals surface area (Å²) in [6.45, 7) is 3.30. The number of anilines is 1. The average molecular weight is 319 g/mol. The second kappa shape index (κ2) is 6.28. The molecule has 1 fully saturated rings. The van der Waals surface area contributed by atoms with E-state index in [-0.39, 0.29) is 24.8 Å². The van der Waals surface area contributed by atoms with Crippen LogP contribution in [-0.2, 0) is 14.4 Å². The summed E-state index contributed by atoms with van der Waals surface area (Å²) >= 11 is 0. The summed E-state index contributed by atoms with van der Waals surface area (Å²) in [5, 5.41) is 2.60. The zero-order chi connectivity index (χ0) is 17.2. The summed E-state index contributed by atoms with van der Waals surface area (Å²) in [6.07, 6.45) is 0.0821. The molecular weight excluding hydrogens is 298 g/mol. The van der Waals surface area contributed by atoms with Crippen LogP contribution in [0.3, 0.4) is 0 Å². The first-order valence-corrected chi connectivity index (χ1v) is 7.31. The molecule has 1 aromatic carbocycles. The van der Waals surface area contributed by atoms with Crippen molar-refractivity contribution in [1.82, 2.24) is 5.32 Å². The number of carbonyl (C=O) groups excluding carboxylic acids is 3. The van der Waals surface area contributed by atoms with Crippen molar-refractivity contribution in [2.45, 2.75) is 25.8 Å². The first-order chi connectivity index (χ1) is 10.8. The third-order valence-corrected chi connectivity index (χ3v) is 3.92. The molecule has 1 aromatic rings. The van der Waals surface area contributed by atoms with Crippen molar-refractivity contribution >= 4 is 23.4 Å². The number of rotatable bonds is 5. The summed E-state index contributed by atoms with van der Waals surface area (Å²) in [7, 11) is 1.53. The van der Waals surface area contributed by atoms with E-state index in [1.807, 2.05) is 6.07 Å². The number of primary amides is 1. The molecule has 0 spiro atoms. The lowest BCUT2D eigenvalue weighted by Gasteiger charge is -2.24. The van der Waals surface area contributed by atoms with Gasteiger partial charge in [-0.05, 0) is 26.0 Å². The molecule has 0 bridgehead atoms. The van der Waals surface area contributed by atoms with E-state index in [4.69, 9.17) is 10.5 Å². The summed E-state index contributed by atoms with van der Waals surface area (Å²) < 4.78 is 5.26. The van der Waals surface area contributed by atoms with Crippen molar-refractivity contribution in [3.05, 3.63) is 24.3 Å². The molecule has 1 heterocycles. The van der Waals surface area contributed by atoms with Crippen molar-refractivity contribution < 1.29 is 19.1 Å². The number of hydrogen-bond acceptors (Lipinski definition) is 4. The fourth-order valence-electron chi connectivity index (χ4n) is 2.44. The Morgan fingerprint density at radius 2 is 2.00 bits per heavy atom. The lowest BCUT2D eigenvalue weighted by molar-refractivity contribution is -0.132. The minimum absolute atomic E-state index is 0.0821. The average Bonchev–Trinajstić information content (AvgIpc) is 2.88. The van der Waals surface area contributed by atoms with Crippen molar-refractivity contribution in [3.8, 4) is 5.75 Å². The van der Waals surface area contributed by atoms with Crippen LogP contribution in [0.5, 0.6) is 5.75 Å². The summed E-state index contributed by atoms with van der Waals surface area (Å²) in [6, 6.07) is 7.13. The Bertz CT molecular complexity index is 642. The molecule has 1 aliphatic heterocycles. The van der Waals surface area contributed by atoms with Crippen LogP contribution in [0.25, 0.3) is 0 Å². The van der Waals surface area contributed by atoms with Crippen LogP contribution in [0, 0.1) is 5.92 Å². The molecule has 7 nitrogen and oxygen atoms in total. The van der Waals surface area contributed by atoms with Gasteiger partial charge in [0.15, 0.2) is 0 Å². The maximum absolute atomic E-state index is 12.3. The molecule has 1 atom stereocenters. The van der Waals surface area contributed by atoms with E-state index in [0.717, 1.165) is 0 Å². The number of nitrogens with one attached hydrogen (secondary N) is 1. The number of para-hydroxylation sites is 2.